The van der Waals surface area contributed by atoms with E-state index >= 15 is 0 Å². The van der Waals surface area contributed by atoms with Gasteiger partial charge in [-0.25, -0.2) is 0 Å². The fourth-order valence-electron chi connectivity index (χ4n) is 8.91. The normalized spacial score (nSPS) is 15.1. The van der Waals surface area contributed by atoms with Crippen molar-refractivity contribution in [2.24, 2.45) is 0 Å². The van der Waals surface area contributed by atoms with E-state index in [1.54, 1.807) is 0 Å². The molecule has 0 bridgehead atoms. The molecule has 0 unspecified atom stereocenters. The second-order valence-corrected chi connectivity index (χ2v) is 18.9. The zero-order valence-corrected chi connectivity index (χ0v) is 30.8. The molecule has 10 rings (SSSR count). The first kappa shape index (κ1) is 29.7. The molecule has 5 aromatic carbocycles. The lowest BCUT2D eigenvalue weighted by molar-refractivity contribution is 0.495. The Hall–Kier alpha value is -4.21. The van der Waals surface area contributed by atoms with E-state index in [1.165, 1.54) is 87.0 Å². The van der Waals surface area contributed by atoms with Gasteiger partial charge >= 0.3 is 6.85 Å². The number of anilines is 2. The van der Waals surface area contributed by atoms with Crippen LogP contribution >= 0.6 is 11.3 Å². The van der Waals surface area contributed by atoms with Gasteiger partial charge in [-0.2, -0.15) is 0 Å². The minimum absolute atomic E-state index is 0.0108. The lowest BCUT2D eigenvalue weighted by atomic mass is 9.32. The van der Waals surface area contributed by atoms with Crippen LogP contribution in [-0.4, -0.2) is 13.6 Å². The lowest BCUT2D eigenvalue weighted by Gasteiger charge is -2.50. The smallest absolute Gasteiger partial charge is 0.329 e. The summed E-state index contributed by atoms with van der Waals surface area (Å²) in [5.74, 6) is 2.03. The van der Waals surface area contributed by atoms with E-state index in [0.717, 1.165) is 11.5 Å². The number of fused-ring (bicyclic) bond motifs is 11. The molecule has 4 aliphatic heterocycles. The van der Waals surface area contributed by atoms with E-state index in [2.05, 4.69) is 152 Å². The van der Waals surface area contributed by atoms with Crippen molar-refractivity contribution in [1.29, 1.82) is 0 Å². The van der Waals surface area contributed by atoms with Crippen LogP contribution in [0.4, 0.5) is 11.4 Å². The number of thiophene rings is 1. The first-order chi connectivity index (χ1) is 23.2. The van der Waals surface area contributed by atoms with Gasteiger partial charge in [-0.1, -0.05) is 117 Å². The van der Waals surface area contributed by atoms with E-state index in [9.17, 15) is 0 Å². The number of nitrogens with zero attached hydrogens (tertiary/aromatic N) is 1. The molecule has 5 heteroatoms. The first-order valence-electron chi connectivity index (χ1n) is 17.8. The number of ether oxygens (including phenoxy) is 1. The third-order valence-electron chi connectivity index (χ3n) is 11.6. The Bertz CT molecular complexity index is 2450. The van der Waals surface area contributed by atoms with Gasteiger partial charge in [0.15, 0.2) is 0 Å². The highest BCUT2D eigenvalue weighted by Crippen LogP contribution is 2.51. The van der Waals surface area contributed by atoms with Crippen molar-refractivity contribution in [1.82, 2.24) is 0 Å². The molecule has 4 aliphatic rings. The highest BCUT2D eigenvalue weighted by atomic mass is 32.1. The predicted molar refractivity (Wildman–Crippen MR) is 214 cm³/mol. The summed E-state index contributed by atoms with van der Waals surface area (Å²) < 4.78 is 9.63. The fourth-order valence-corrected chi connectivity index (χ4v) is 10.2. The average molecular weight is 654 g/mol. The van der Waals surface area contributed by atoms with E-state index < -0.39 is 0 Å². The molecule has 240 valence electrons. The maximum Gasteiger partial charge on any atom is 0.329 e. The molecule has 5 heterocycles. The summed E-state index contributed by atoms with van der Waals surface area (Å²) in [7, 11) is 0. The van der Waals surface area contributed by atoms with Crippen LogP contribution in [0, 0.1) is 0 Å². The zero-order valence-electron chi connectivity index (χ0n) is 30.0. The fraction of sp³-hybridized carbons (Fsp3) is 0.273. The van der Waals surface area contributed by atoms with Crippen LogP contribution in [0.5, 0.6) is 11.5 Å². The van der Waals surface area contributed by atoms with Crippen LogP contribution in [0.15, 0.2) is 84.9 Å². The van der Waals surface area contributed by atoms with Crippen molar-refractivity contribution in [3.8, 4) is 33.8 Å². The molecular formula is C44H41B2NOS. The van der Waals surface area contributed by atoms with Crippen LogP contribution in [0.1, 0.15) is 79.0 Å². The van der Waals surface area contributed by atoms with Crippen LogP contribution in [0.3, 0.4) is 0 Å². The Morgan fingerprint density at radius 2 is 1.16 bits per heavy atom. The second-order valence-electron chi connectivity index (χ2n) is 17.8. The third-order valence-corrected chi connectivity index (χ3v) is 12.8. The summed E-state index contributed by atoms with van der Waals surface area (Å²) in [5, 5.41) is 1.21. The van der Waals surface area contributed by atoms with Gasteiger partial charge < -0.3 is 9.55 Å². The first-order valence-corrected chi connectivity index (χ1v) is 18.7. The molecule has 6 aromatic rings. The van der Waals surface area contributed by atoms with Crippen molar-refractivity contribution in [3.05, 3.63) is 102 Å². The number of hydrogen-bond acceptors (Lipinski definition) is 3. The molecule has 0 radical (unpaired) electrons. The number of rotatable bonds is 0. The molecule has 1 aromatic heterocycles. The molecular weight excluding hydrogens is 612 g/mol. The molecule has 2 nitrogen and oxygen atoms in total. The maximum atomic E-state index is 7.01. The molecule has 0 spiro atoms. The summed E-state index contributed by atoms with van der Waals surface area (Å²) >= 11 is 1.91. The number of benzene rings is 5. The van der Waals surface area contributed by atoms with Crippen molar-refractivity contribution in [2.45, 2.75) is 78.6 Å². The Labute approximate surface area is 295 Å². The van der Waals surface area contributed by atoms with Crippen LogP contribution < -0.4 is 36.2 Å². The van der Waals surface area contributed by atoms with Crippen molar-refractivity contribution < 1.29 is 4.74 Å². The lowest BCUT2D eigenvalue weighted by Crippen LogP contribution is -2.68. The van der Waals surface area contributed by atoms with Crippen LogP contribution in [0.2, 0.25) is 0 Å². The Balaban J connectivity index is 1.39. The van der Waals surface area contributed by atoms with Crippen LogP contribution in [0.25, 0.3) is 32.3 Å². The highest BCUT2D eigenvalue weighted by Gasteiger charge is 2.52. The predicted octanol–water partition coefficient (Wildman–Crippen LogP) is 8.63. The molecule has 49 heavy (non-hydrogen) atoms. The van der Waals surface area contributed by atoms with Gasteiger partial charge in [-0.05, 0) is 96.2 Å². The Kier molecular flexibility index (Phi) is 5.64. The Morgan fingerprint density at radius 1 is 0.571 bits per heavy atom. The van der Waals surface area contributed by atoms with Gasteiger partial charge in [0.2, 0.25) is 0 Å². The monoisotopic (exact) mass is 653 g/mol. The van der Waals surface area contributed by atoms with Crippen molar-refractivity contribution >= 4 is 73.0 Å². The molecule has 0 fully saturated rings. The number of hydrogen-bond donors (Lipinski definition) is 0. The zero-order chi connectivity index (χ0) is 33.9. The van der Waals surface area contributed by atoms with Crippen molar-refractivity contribution in [2.75, 3.05) is 4.81 Å². The summed E-state index contributed by atoms with van der Waals surface area (Å²) in [6.07, 6.45) is 0. The van der Waals surface area contributed by atoms with E-state index in [4.69, 9.17) is 4.74 Å². The summed E-state index contributed by atoms with van der Waals surface area (Å²) in [4.78, 5) is 2.74. The van der Waals surface area contributed by atoms with Gasteiger partial charge in [-0.3, -0.25) is 0 Å². The third kappa shape index (κ3) is 3.91. The molecule has 0 atom stereocenters. The van der Waals surface area contributed by atoms with Crippen LogP contribution in [-0.2, 0) is 16.2 Å². The van der Waals surface area contributed by atoms with Gasteiger partial charge in [0.1, 0.15) is 11.5 Å². The minimum Gasteiger partial charge on any atom is -0.457 e. The Morgan fingerprint density at radius 3 is 1.82 bits per heavy atom. The van der Waals surface area contributed by atoms with Gasteiger partial charge in [0, 0.05) is 37.4 Å². The van der Waals surface area contributed by atoms with E-state index in [0.29, 0.717) is 0 Å². The molecule has 0 saturated carbocycles. The maximum absolute atomic E-state index is 7.01. The summed E-state index contributed by atoms with van der Waals surface area (Å²) in [5.41, 5.74) is 17.9. The molecule has 0 saturated heterocycles. The SMILES string of the molecule is CC(C)(C)c1ccc2c(c1)B1c3cc(C(C)(C)C)ccc3-c3ccc4c5c3N1c1c(cc(C(C)(C)C)cc1-2)B5c1sc2ccccc2c1O4. The van der Waals surface area contributed by atoms with E-state index in [-0.39, 0.29) is 29.8 Å². The molecule has 0 amide bonds. The minimum atomic E-state index is -0.0108. The topological polar surface area (TPSA) is 12.5 Å². The molecule has 0 N–H and O–H groups in total. The largest absolute Gasteiger partial charge is 0.457 e. The van der Waals surface area contributed by atoms with E-state index in [1.807, 2.05) is 11.3 Å². The second kappa shape index (κ2) is 9.31. The van der Waals surface area contributed by atoms with Gasteiger partial charge in [-0.15, -0.1) is 11.3 Å². The van der Waals surface area contributed by atoms with Gasteiger partial charge in [0.05, 0.1) is 0 Å². The summed E-state index contributed by atoms with van der Waals surface area (Å²) in [6, 6.07) is 33.1. The average Bonchev–Trinajstić information content (AvgIpc) is 3.42. The quantitative estimate of drug-likeness (QED) is 0.152. The highest BCUT2D eigenvalue weighted by molar-refractivity contribution is 7.33. The standard InChI is InChI=1S/C44H41B2NOS/c1-42(2,3)24-14-16-27-29-18-19-35-37-39(29)47-38-31(28-17-15-25(43(4,5)6)22-33(28)46(47)32(27)21-24)20-26(44(7,8)9)23-34(38)45(37)41-40(48-35)30-12-10-11-13-36(30)49-41/h10-23H,1-9H3. The summed E-state index contributed by atoms with van der Waals surface area (Å²) in [6.45, 7) is 21.3. The van der Waals surface area contributed by atoms with Crippen molar-refractivity contribution in [3.63, 3.8) is 0 Å². The molecule has 0 aliphatic carbocycles. The van der Waals surface area contributed by atoms with Gasteiger partial charge in [0.25, 0.3) is 6.71 Å².